The Labute approximate surface area is 142 Å². The van der Waals surface area contributed by atoms with Gasteiger partial charge in [-0.15, -0.1) is 35.3 Å². The van der Waals surface area contributed by atoms with E-state index in [9.17, 15) is 0 Å². The maximum Gasteiger partial charge on any atom is 0.191 e. The molecule has 1 aliphatic carbocycles. The minimum atomic E-state index is 0. The third-order valence-electron chi connectivity index (χ3n) is 3.53. The van der Waals surface area contributed by atoms with Crippen molar-refractivity contribution < 1.29 is 0 Å². The van der Waals surface area contributed by atoms with Gasteiger partial charge in [-0.2, -0.15) is 0 Å². The van der Waals surface area contributed by atoms with Crippen molar-refractivity contribution in [3.63, 3.8) is 0 Å². The molecular formula is C14H25IN4S. The van der Waals surface area contributed by atoms with E-state index in [0.29, 0.717) is 6.04 Å². The van der Waals surface area contributed by atoms with Crippen LogP contribution in [0.1, 0.15) is 48.9 Å². The molecule has 0 saturated heterocycles. The van der Waals surface area contributed by atoms with Crippen LogP contribution in [0.25, 0.3) is 0 Å². The number of aromatic nitrogens is 1. The first-order chi connectivity index (χ1) is 9.31. The maximum atomic E-state index is 4.41. The Morgan fingerprint density at radius 2 is 2.15 bits per heavy atom. The highest BCUT2D eigenvalue weighted by Crippen LogP contribution is 2.17. The van der Waals surface area contributed by atoms with Crippen LogP contribution in [-0.4, -0.2) is 24.0 Å². The Morgan fingerprint density at radius 3 is 2.75 bits per heavy atom. The van der Waals surface area contributed by atoms with Gasteiger partial charge in [-0.1, -0.05) is 26.2 Å². The van der Waals surface area contributed by atoms with E-state index in [-0.39, 0.29) is 24.0 Å². The Hall–Kier alpha value is -0.370. The molecule has 0 radical (unpaired) electrons. The molecule has 1 heterocycles. The van der Waals surface area contributed by atoms with Crippen LogP contribution in [0.3, 0.4) is 0 Å². The molecule has 0 amide bonds. The highest BCUT2D eigenvalue weighted by Gasteiger charge is 2.14. The standard InChI is InChI=1S/C14H24N4S.HI/c1-3-12-9-16-13(19-12)10-17-14(15-2)18-11-7-5-4-6-8-11;/h9,11H,3-8,10H2,1-2H3,(H2,15,17,18);1H. The average Bonchev–Trinajstić information content (AvgIpc) is 2.92. The fourth-order valence-electron chi connectivity index (χ4n) is 2.39. The zero-order chi connectivity index (χ0) is 13.5. The van der Waals surface area contributed by atoms with Crippen molar-refractivity contribution in [2.75, 3.05) is 7.05 Å². The summed E-state index contributed by atoms with van der Waals surface area (Å²) in [6.45, 7) is 2.92. The average molecular weight is 408 g/mol. The van der Waals surface area contributed by atoms with E-state index in [1.54, 1.807) is 11.3 Å². The zero-order valence-electron chi connectivity index (χ0n) is 12.3. The van der Waals surface area contributed by atoms with Crippen LogP contribution in [0.15, 0.2) is 11.2 Å². The number of hydrogen-bond donors (Lipinski definition) is 2. The zero-order valence-corrected chi connectivity index (χ0v) is 15.5. The number of aliphatic imine (C=N–C) groups is 1. The fourth-order valence-corrected chi connectivity index (χ4v) is 3.19. The lowest BCUT2D eigenvalue weighted by Crippen LogP contribution is -2.43. The molecule has 1 aromatic rings. The lowest BCUT2D eigenvalue weighted by molar-refractivity contribution is 0.410. The van der Waals surface area contributed by atoms with Gasteiger partial charge in [0.2, 0.25) is 0 Å². The highest BCUT2D eigenvalue weighted by molar-refractivity contribution is 14.0. The van der Waals surface area contributed by atoms with E-state index in [0.717, 1.165) is 23.9 Å². The van der Waals surface area contributed by atoms with E-state index in [1.807, 2.05) is 13.2 Å². The van der Waals surface area contributed by atoms with Crippen LogP contribution in [-0.2, 0) is 13.0 Å². The van der Waals surface area contributed by atoms with Crippen LogP contribution < -0.4 is 10.6 Å². The molecule has 1 aliphatic rings. The van der Waals surface area contributed by atoms with Gasteiger partial charge >= 0.3 is 0 Å². The quantitative estimate of drug-likeness (QED) is 0.457. The van der Waals surface area contributed by atoms with Crippen LogP contribution in [0.2, 0.25) is 0 Å². The number of rotatable bonds is 4. The Balaban J connectivity index is 0.00000200. The van der Waals surface area contributed by atoms with Crippen molar-refractivity contribution >= 4 is 41.3 Å². The Bertz CT molecular complexity index is 413. The summed E-state index contributed by atoms with van der Waals surface area (Å²) in [4.78, 5) is 10.0. The van der Waals surface area contributed by atoms with E-state index >= 15 is 0 Å². The first-order valence-electron chi connectivity index (χ1n) is 7.22. The molecule has 2 rings (SSSR count). The van der Waals surface area contributed by atoms with Crippen molar-refractivity contribution in [3.8, 4) is 0 Å². The van der Waals surface area contributed by atoms with Gasteiger partial charge in [-0.3, -0.25) is 4.99 Å². The monoisotopic (exact) mass is 408 g/mol. The van der Waals surface area contributed by atoms with E-state index in [1.165, 1.54) is 37.0 Å². The van der Waals surface area contributed by atoms with Gasteiger partial charge in [0.1, 0.15) is 5.01 Å². The number of thiazole rings is 1. The smallest absolute Gasteiger partial charge is 0.191 e. The molecule has 0 spiro atoms. The lowest BCUT2D eigenvalue weighted by Gasteiger charge is -2.24. The molecule has 1 saturated carbocycles. The number of nitrogens with one attached hydrogen (secondary N) is 2. The van der Waals surface area contributed by atoms with Gasteiger partial charge in [-0.05, 0) is 19.3 Å². The van der Waals surface area contributed by atoms with E-state index < -0.39 is 0 Å². The first kappa shape index (κ1) is 17.7. The number of hydrogen-bond acceptors (Lipinski definition) is 3. The first-order valence-corrected chi connectivity index (χ1v) is 8.04. The number of aryl methyl sites for hydroxylation is 1. The number of guanidine groups is 1. The van der Waals surface area contributed by atoms with Crippen LogP contribution in [0, 0.1) is 0 Å². The fraction of sp³-hybridized carbons (Fsp3) is 0.714. The normalized spacial score (nSPS) is 16.6. The molecule has 0 bridgehead atoms. The van der Waals surface area contributed by atoms with Crippen molar-refractivity contribution in [3.05, 3.63) is 16.1 Å². The molecule has 0 atom stereocenters. The maximum absolute atomic E-state index is 4.41. The summed E-state index contributed by atoms with van der Waals surface area (Å²) >= 11 is 1.78. The molecule has 1 fully saturated rings. The van der Waals surface area contributed by atoms with Gasteiger partial charge < -0.3 is 10.6 Å². The van der Waals surface area contributed by atoms with Crippen molar-refractivity contribution in [2.45, 2.75) is 58.0 Å². The summed E-state index contributed by atoms with van der Waals surface area (Å²) in [5.41, 5.74) is 0. The SMILES string of the molecule is CCc1cnc(CNC(=NC)NC2CCCCC2)s1.I. The second-order valence-electron chi connectivity index (χ2n) is 4.98. The minimum Gasteiger partial charge on any atom is -0.354 e. The van der Waals surface area contributed by atoms with Crippen LogP contribution in [0.4, 0.5) is 0 Å². The topological polar surface area (TPSA) is 49.3 Å². The predicted molar refractivity (Wildman–Crippen MR) is 97.1 cm³/mol. The van der Waals surface area contributed by atoms with Gasteiger partial charge in [0.05, 0.1) is 6.54 Å². The third-order valence-corrected chi connectivity index (χ3v) is 4.67. The van der Waals surface area contributed by atoms with E-state index in [4.69, 9.17) is 0 Å². The molecule has 20 heavy (non-hydrogen) atoms. The summed E-state index contributed by atoms with van der Waals surface area (Å²) in [7, 11) is 1.83. The third kappa shape index (κ3) is 5.55. The Kier molecular flexibility index (Phi) is 8.44. The van der Waals surface area contributed by atoms with E-state index in [2.05, 4.69) is 27.5 Å². The molecule has 4 nitrogen and oxygen atoms in total. The summed E-state index contributed by atoms with van der Waals surface area (Å²) < 4.78 is 0. The van der Waals surface area contributed by atoms with Gasteiger partial charge in [0.25, 0.3) is 0 Å². The second kappa shape index (κ2) is 9.55. The number of nitrogens with zero attached hydrogens (tertiary/aromatic N) is 2. The molecular weight excluding hydrogens is 383 g/mol. The minimum absolute atomic E-state index is 0. The van der Waals surface area contributed by atoms with Crippen molar-refractivity contribution in [1.82, 2.24) is 15.6 Å². The summed E-state index contributed by atoms with van der Waals surface area (Å²) in [6, 6.07) is 0.586. The molecule has 1 aromatic heterocycles. The van der Waals surface area contributed by atoms with Crippen LogP contribution >= 0.6 is 35.3 Å². The van der Waals surface area contributed by atoms with Gasteiger partial charge in [0, 0.05) is 24.2 Å². The van der Waals surface area contributed by atoms with Gasteiger partial charge in [-0.25, -0.2) is 4.98 Å². The van der Waals surface area contributed by atoms with Gasteiger partial charge in [0.15, 0.2) is 5.96 Å². The molecule has 6 heteroatoms. The molecule has 114 valence electrons. The largest absolute Gasteiger partial charge is 0.354 e. The lowest BCUT2D eigenvalue weighted by atomic mass is 9.96. The molecule has 0 aliphatic heterocycles. The summed E-state index contributed by atoms with van der Waals surface area (Å²) in [5, 5.41) is 8.00. The van der Waals surface area contributed by atoms with Crippen molar-refractivity contribution in [2.24, 2.45) is 4.99 Å². The second-order valence-corrected chi connectivity index (χ2v) is 6.18. The van der Waals surface area contributed by atoms with Crippen LogP contribution in [0.5, 0.6) is 0 Å². The summed E-state index contributed by atoms with van der Waals surface area (Å²) in [6.07, 6.45) is 9.60. The van der Waals surface area contributed by atoms with Crippen molar-refractivity contribution in [1.29, 1.82) is 0 Å². The molecule has 0 aromatic carbocycles. The predicted octanol–water partition coefficient (Wildman–Crippen LogP) is 3.32. The number of halogens is 1. The molecule has 0 unspecified atom stereocenters. The highest BCUT2D eigenvalue weighted by atomic mass is 127. The Morgan fingerprint density at radius 1 is 1.40 bits per heavy atom. The molecule has 2 N–H and O–H groups in total. The summed E-state index contributed by atoms with van der Waals surface area (Å²) in [5.74, 6) is 0.903.